The molecule has 1 saturated heterocycles. The lowest BCUT2D eigenvalue weighted by Gasteiger charge is -2.36. The molecule has 1 aliphatic rings. The van der Waals surface area contributed by atoms with Crippen molar-refractivity contribution in [2.75, 3.05) is 55.7 Å². The zero-order chi connectivity index (χ0) is 19.8. The molecule has 2 N–H and O–H groups in total. The van der Waals surface area contributed by atoms with E-state index in [0.29, 0.717) is 12.2 Å². The first-order valence-electron chi connectivity index (χ1n) is 9.41. The van der Waals surface area contributed by atoms with Crippen molar-refractivity contribution in [3.63, 3.8) is 0 Å². The fourth-order valence-corrected chi connectivity index (χ4v) is 3.62. The maximum atomic E-state index is 12.0. The molecule has 1 aliphatic heterocycles. The van der Waals surface area contributed by atoms with Gasteiger partial charge in [0, 0.05) is 55.5 Å². The zero-order valence-electron chi connectivity index (χ0n) is 16.1. The molecule has 0 unspecified atom stereocenters. The summed E-state index contributed by atoms with van der Waals surface area (Å²) < 4.78 is 0. The van der Waals surface area contributed by atoms with Gasteiger partial charge in [0.1, 0.15) is 0 Å². The summed E-state index contributed by atoms with van der Waals surface area (Å²) in [5.74, 6) is -1.23. The number of hydrogen-bond acceptors (Lipinski definition) is 5. The second kappa shape index (κ2) is 10.1. The Kier molecular flexibility index (Phi) is 7.33. The zero-order valence-corrected chi connectivity index (χ0v) is 16.9. The number of thioether (sulfide) groups is 1. The molecule has 0 saturated carbocycles. The van der Waals surface area contributed by atoms with Gasteiger partial charge in [-0.3, -0.25) is 14.5 Å². The first kappa shape index (κ1) is 20.2. The van der Waals surface area contributed by atoms with Crippen LogP contribution in [0, 0.1) is 0 Å². The summed E-state index contributed by atoms with van der Waals surface area (Å²) in [4.78, 5) is 29.8. The average molecular weight is 399 g/mol. The highest BCUT2D eigenvalue weighted by Gasteiger charge is 2.18. The Hall–Kier alpha value is -2.51. The molecule has 1 heterocycles. The largest absolute Gasteiger partial charge is 0.369 e. The smallest absolute Gasteiger partial charge is 0.313 e. The van der Waals surface area contributed by atoms with Crippen LogP contribution >= 0.6 is 11.8 Å². The average Bonchev–Trinajstić information content (AvgIpc) is 2.75. The number of para-hydroxylation sites is 1. The van der Waals surface area contributed by atoms with E-state index in [2.05, 4.69) is 44.7 Å². The van der Waals surface area contributed by atoms with Crippen molar-refractivity contribution in [2.24, 2.45) is 0 Å². The number of anilines is 2. The molecule has 2 amide bonds. The second-order valence-electron chi connectivity index (χ2n) is 6.61. The van der Waals surface area contributed by atoms with Gasteiger partial charge in [-0.15, -0.1) is 11.8 Å². The van der Waals surface area contributed by atoms with Crippen molar-refractivity contribution in [3.8, 4) is 0 Å². The number of rotatable bonds is 6. The lowest BCUT2D eigenvalue weighted by atomic mass is 10.2. The molecule has 6 nitrogen and oxygen atoms in total. The van der Waals surface area contributed by atoms with Crippen LogP contribution < -0.4 is 15.5 Å². The highest BCUT2D eigenvalue weighted by Crippen LogP contribution is 2.19. The van der Waals surface area contributed by atoms with E-state index < -0.39 is 11.8 Å². The third-order valence-corrected chi connectivity index (χ3v) is 5.47. The molecule has 0 radical (unpaired) electrons. The van der Waals surface area contributed by atoms with Crippen molar-refractivity contribution in [3.05, 3.63) is 54.6 Å². The van der Waals surface area contributed by atoms with Gasteiger partial charge >= 0.3 is 11.8 Å². The fraction of sp³-hybridized carbons (Fsp3) is 0.333. The van der Waals surface area contributed by atoms with E-state index in [1.165, 1.54) is 5.69 Å². The van der Waals surface area contributed by atoms with Crippen molar-refractivity contribution in [1.29, 1.82) is 0 Å². The van der Waals surface area contributed by atoms with Crippen molar-refractivity contribution in [1.82, 2.24) is 10.2 Å². The topological polar surface area (TPSA) is 64.7 Å². The minimum atomic E-state index is -0.632. The van der Waals surface area contributed by atoms with Crippen LogP contribution in [-0.4, -0.2) is 62.2 Å². The normalized spacial score (nSPS) is 14.5. The maximum absolute atomic E-state index is 12.0. The molecule has 7 heteroatoms. The van der Waals surface area contributed by atoms with Gasteiger partial charge in [0.2, 0.25) is 0 Å². The maximum Gasteiger partial charge on any atom is 0.313 e. The van der Waals surface area contributed by atoms with Crippen LogP contribution in [0.15, 0.2) is 59.5 Å². The number of carbonyl (C=O) groups is 2. The van der Waals surface area contributed by atoms with E-state index in [1.807, 2.05) is 30.5 Å². The number of amides is 2. The molecule has 28 heavy (non-hydrogen) atoms. The number of hydrogen-bond donors (Lipinski definition) is 2. The highest BCUT2D eigenvalue weighted by molar-refractivity contribution is 7.98. The van der Waals surface area contributed by atoms with Crippen LogP contribution in [0.25, 0.3) is 0 Å². The summed E-state index contributed by atoms with van der Waals surface area (Å²) in [7, 11) is 0. The lowest BCUT2D eigenvalue weighted by Crippen LogP contribution is -2.49. The molecule has 0 bridgehead atoms. The van der Waals surface area contributed by atoms with Crippen LogP contribution in [0.2, 0.25) is 0 Å². The predicted molar refractivity (Wildman–Crippen MR) is 115 cm³/mol. The Morgan fingerprint density at radius 2 is 1.71 bits per heavy atom. The summed E-state index contributed by atoms with van der Waals surface area (Å²) in [5, 5.41) is 5.35. The number of nitrogens with zero attached hydrogens (tertiary/aromatic N) is 2. The fourth-order valence-electron chi connectivity index (χ4n) is 3.16. The van der Waals surface area contributed by atoms with Gasteiger partial charge in [-0.1, -0.05) is 24.3 Å². The van der Waals surface area contributed by atoms with E-state index in [0.717, 1.165) is 37.6 Å². The first-order chi connectivity index (χ1) is 13.7. The van der Waals surface area contributed by atoms with Crippen molar-refractivity contribution >= 4 is 35.0 Å². The number of nitrogens with one attached hydrogen (secondary N) is 2. The van der Waals surface area contributed by atoms with Crippen LogP contribution in [0.3, 0.4) is 0 Å². The van der Waals surface area contributed by atoms with Gasteiger partial charge in [-0.2, -0.15) is 0 Å². The minimum Gasteiger partial charge on any atom is -0.369 e. The molecule has 0 atom stereocenters. The molecular formula is C21H26N4O2S. The minimum absolute atomic E-state index is 0.461. The highest BCUT2D eigenvalue weighted by atomic mass is 32.2. The van der Waals surface area contributed by atoms with E-state index in [1.54, 1.807) is 17.8 Å². The molecule has 1 fully saturated rings. The molecule has 2 aromatic rings. The summed E-state index contributed by atoms with van der Waals surface area (Å²) >= 11 is 1.59. The Morgan fingerprint density at radius 1 is 0.964 bits per heavy atom. The third-order valence-electron chi connectivity index (χ3n) is 4.74. The second-order valence-corrected chi connectivity index (χ2v) is 7.49. The predicted octanol–water partition coefficient (Wildman–Crippen LogP) is 2.29. The van der Waals surface area contributed by atoms with Crippen LogP contribution in [0.1, 0.15) is 0 Å². The molecule has 148 valence electrons. The van der Waals surface area contributed by atoms with E-state index in [-0.39, 0.29) is 0 Å². The summed E-state index contributed by atoms with van der Waals surface area (Å²) in [6.07, 6.45) is 1.97. The van der Waals surface area contributed by atoms with Gasteiger partial charge in [-0.05, 0) is 36.6 Å². The summed E-state index contributed by atoms with van der Waals surface area (Å²) in [5.41, 5.74) is 1.88. The van der Waals surface area contributed by atoms with Gasteiger partial charge in [0.15, 0.2) is 0 Å². The third kappa shape index (κ3) is 5.74. The van der Waals surface area contributed by atoms with E-state index in [9.17, 15) is 9.59 Å². The Labute approximate surface area is 170 Å². The Balaban J connectivity index is 1.36. The summed E-state index contributed by atoms with van der Waals surface area (Å²) in [6, 6.07) is 17.8. The number of benzene rings is 2. The summed E-state index contributed by atoms with van der Waals surface area (Å²) in [6.45, 7) is 5.01. The van der Waals surface area contributed by atoms with Gasteiger partial charge < -0.3 is 15.5 Å². The first-order valence-corrected chi connectivity index (χ1v) is 10.6. The molecule has 0 aliphatic carbocycles. The molecule has 2 aromatic carbocycles. The molecular weight excluding hydrogens is 372 g/mol. The van der Waals surface area contributed by atoms with Crippen LogP contribution in [0.5, 0.6) is 0 Å². The Morgan fingerprint density at radius 3 is 2.43 bits per heavy atom. The van der Waals surface area contributed by atoms with Crippen LogP contribution in [-0.2, 0) is 9.59 Å². The SMILES string of the molecule is CSc1cccc(NC(=O)C(=O)NCCN2CCN(c3ccccc3)CC2)c1. The van der Waals surface area contributed by atoms with Gasteiger partial charge in [0.05, 0.1) is 0 Å². The lowest BCUT2D eigenvalue weighted by molar-refractivity contribution is -0.136. The van der Waals surface area contributed by atoms with Gasteiger partial charge in [-0.25, -0.2) is 0 Å². The molecule has 0 aromatic heterocycles. The van der Waals surface area contributed by atoms with Crippen molar-refractivity contribution in [2.45, 2.75) is 4.90 Å². The monoisotopic (exact) mass is 398 g/mol. The Bertz CT molecular complexity index is 792. The molecule has 0 spiro atoms. The standard InChI is InChI=1S/C21H26N4O2S/c1-28-19-9-5-6-17(16-19)23-21(27)20(26)22-10-11-24-12-14-25(15-13-24)18-7-3-2-4-8-18/h2-9,16H,10-15H2,1H3,(H,22,26)(H,23,27). The van der Waals surface area contributed by atoms with E-state index in [4.69, 9.17) is 0 Å². The van der Waals surface area contributed by atoms with E-state index >= 15 is 0 Å². The number of carbonyl (C=O) groups excluding carboxylic acids is 2. The van der Waals surface area contributed by atoms with Gasteiger partial charge in [0.25, 0.3) is 0 Å². The number of piperazine rings is 1. The van der Waals surface area contributed by atoms with Crippen LogP contribution in [0.4, 0.5) is 11.4 Å². The quantitative estimate of drug-likeness (QED) is 0.577. The molecule has 3 rings (SSSR count). The van der Waals surface area contributed by atoms with Crippen molar-refractivity contribution < 1.29 is 9.59 Å².